The van der Waals surface area contributed by atoms with Gasteiger partial charge in [-0.25, -0.2) is 8.42 Å². The van der Waals surface area contributed by atoms with Crippen LogP contribution in [-0.2, 0) is 10.0 Å². The maximum atomic E-state index is 12.4. The fourth-order valence-electron chi connectivity index (χ4n) is 2.54. The van der Waals surface area contributed by atoms with E-state index in [0.717, 1.165) is 11.1 Å². The molecule has 0 amide bonds. The molecule has 0 fully saturated rings. The highest BCUT2D eigenvalue weighted by molar-refractivity contribution is 7.92. The summed E-state index contributed by atoms with van der Waals surface area (Å²) in [5, 5.41) is 3.99. The summed E-state index contributed by atoms with van der Waals surface area (Å²) in [5.41, 5.74) is 2.02. The van der Waals surface area contributed by atoms with E-state index in [4.69, 9.17) is 4.52 Å². The number of hydrogen-bond donors (Lipinski definition) is 1. The predicted molar refractivity (Wildman–Crippen MR) is 102 cm³/mol. The number of nitrogens with one attached hydrogen (secondary N) is 1. The van der Waals surface area contributed by atoms with Crippen LogP contribution in [0.1, 0.15) is 0 Å². The van der Waals surface area contributed by atoms with Gasteiger partial charge in [0.05, 0.1) is 4.90 Å². The molecule has 0 aliphatic carbocycles. The summed E-state index contributed by atoms with van der Waals surface area (Å²) >= 11 is 0. The van der Waals surface area contributed by atoms with Gasteiger partial charge in [-0.1, -0.05) is 41.6 Å². The third-order valence-corrected chi connectivity index (χ3v) is 5.29. The van der Waals surface area contributed by atoms with Crippen molar-refractivity contribution in [2.45, 2.75) is 4.90 Å². The topological polar surface area (TPSA) is 85.1 Å². The molecule has 3 aromatic carbocycles. The summed E-state index contributed by atoms with van der Waals surface area (Å²) in [7, 11) is -3.62. The van der Waals surface area contributed by atoms with E-state index in [1.807, 2.05) is 30.3 Å². The summed E-state index contributed by atoms with van der Waals surface area (Å²) in [6, 6.07) is 24.5. The van der Waals surface area contributed by atoms with Gasteiger partial charge in [-0.2, -0.15) is 4.98 Å². The highest BCUT2D eigenvalue weighted by Gasteiger charge is 2.14. The second-order valence-electron chi connectivity index (χ2n) is 5.79. The first kappa shape index (κ1) is 17.0. The van der Waals surface area contributed by atoms with Crippen molar-refractivity contribution in [1.29, 1.82) is 0 Å². The Labute approximate surface area is 156 Å². The summed E-state index contributed by atoms with van der Waals surface area (Å²) < 4.78 is 32.6. The molecule has 1 aromatic heterocycles. The number of nitrogens with zero attached hydrogens (tertiary/aromatic N) is 2. The Bertz CT molecular complexity index is 1140. The van der Waals surface area contributed by atoms with Crippen molar-refractivity contribution in [2.24, 2.45) is 0 Å². The van der Waals surface area contributed by atoms with E-state index in [9.17, 15) is 8.42 Å². The number of benzene rings is 3. The predicted octanol–water partition coefficient (Wildman–Crippen LogP) is 4.20. The summed E-state index contributed by atoms with van der Waals surface area (Å²) in [4.78, 5) is 4.59. The molecule has 0 unspecified atom stereocenters. The Hall–Kier alpha value is -3.45. The Morgan fingerprint density at radius 1 is 0.741 bits per heavy atom. The Kier molecular flexibility index (Phi) is 4.43. The lowest BCUT2D eigenvalue weighted by Crippen LogP contribution is -2.12. The maximum absolute atomic E-state index is 12.4. The van der Waals surface area contributed by atoms with E-state index in [1.54, 1.807) is 54.6 Å². The molecule has 0 radical (unpaired) electrons. The number of aromatic nitrogens is 2. The van der Waals surface area contributed by atoms with Gasteiger partial charge in [-0.05, 0) is 48.5 Å². The molecular formula is C20H15N3O3S. The Balaban J connectivity index is 1.54. The van der Waals surface area contributed by atoms with Crippen molar-refractivity contribution < 1.29 is 12.9 Å². The molecule has 6 nitrogen and oxygen atoms in total. The number of hydrogen-bond acceptors (Lipinski definition) is 5. The first-order valence-corrected chi connectivity index (χ1v) is 9.67. The lowest BCUT2D eigenvalue weighted by Gasteiger charge is -2.08. The molecule has 27 heavy (non-hydrogen) atoms. The van der Waals surface area contributed by atoms with Gasteiger partial charge in [0.25, 0.3) is 15.9 Å². The third kappa shape index (κ3) is 3.73. The molecule has 0 spiro atoms. The Morgan fingerprint density at radius 2 is 1.37 bits per heavy atom. The molecule has 1 heterocycles. The van der Waals surface area contributed by atoms with Crippen LogP contribution in [0.4, 0.5) is 5.69 Å². The van der Waals surface area contributed by atoms with Crippen LogP contribution in [0.25, 0.3) is 22.8 Å². The second kappa shape index (κ2) is 7.05. The van der Waals surface area contributed by atoms with Crippen molar-refractivity contribution in [3.05, 3.63) is 84.9 Å². The third-order valence-electron chi connectivity index (χ3n) is 3.90. The van der Waals surface area contributed by atoms with E-state index in [1.165, 1.54) is 0 Å². The molecular weight excluding hydrogens is 362 g/mol. The lowest BCUT2D eigenvalue weighted by molar-refractivity contribution is 0.432. The SMILES string of the molecule is O=S(=O)(Nc1ccc(-c2noc(-c3ccccc3)n2)cc1)c1ccccc1. The zero-order valence-corrected chi connectivity index (χ0v) is 14.9. The minimum absolute atomic E-state index is 0.208. The lowest BCUT2D eigenvalue weighted by atomic mass is 10.2. The number of anilines is 1. The minimum atomic E-state index is -3.62. The van der Waals surface area contributed by atoms with Gasteiger partial charge in [-0.3, -0.25) is 4.72 Å². The summed E-state index contributed by atoms with van der Waals surface area (Å²) in [6.45, 7) is 0. The second-order valence-corrected chi connectivity index (χ2v) is 7.47. The van der Waals surface area contributed by atoms with E-state index in [0.29, 0.717) is 17.4 Å². The van der Waals surface area contributed by atoms with Gasteiger partial charge in [0, 0.05) is 16.8 Å². The fraction of sp³-hybridized carbons (Fsp3) is 0. The van der Waals surface area contributed by atoms with Crippen LogP contribution in [0.15, 0.2) is 94.3 Å². The smallest absolute Gasteiger partial charge is 0.261 e. The van der Waals surface area contributed by atoms with E-state index in [-0.39, 0.29) is 4.90 Å². The highest BCUT2D eigenvalue weighted by Crippen LogP contribution is 2.24. The van der Waals surface area contributed by atoms with Gasteiger partial charge in [0.2, 0.25) is 5.82 Å². The molecule has 0 saturated carbocycles. The molecule has 0 aliphatic heterocycles. The molecule has 4 aromatic rings. The largest absolute Gasteiger partial charge is 0.334 e. The molecule has 0 aliphatic rings. The first-order valence-electron chi connectivity index (χ1n) is 8.19. The highest BCUT2D eigenvalue weighted by atomic mass is 32.2. The van der Waals surface area contributed by atoms with Gasteiger partial charge >= 0.3 is 0 Å². The van der Waals surface area contributed by atoms with Crippen LogP contribution in [0.2, 0.25) is 0 Å². The van der Waals surface area contributed by atoms with Crippen LogP contribution in [-0.4, -0.2) is 18.6 Å². The molecule has 0 bridgehead atoms. The van der Waals surface area contributed by atoms with Gasteiger partial charge in [0.15, 0.2) is 0 Å². The van der Waals surface area contributed by atoms with Gasteiger partial charge < -0.3 is 4.52 Å². The Morgan fingerprint density at radius 3 is 2.04 bits per heavy atom. The number of rotatable bonds is 5. The van der Waals surface area contributed by atoms with Gasteiger partial charge in [0.1, 0.15) is 0 Å². The molecule has 4 rings (SSSR count). The quantitative estimate of drug-likeness (QED) is 0.563. The maximum Gasteiger partial charge on any atom is 0.261 e. The van der Waals surface area contributed by atoms with E-state index < -0.39 is 10.0 Å². The van der Waals surface area contributed by atoms with Crippen molar-refractivity contribution >= 4 is 15.7 Å². The number of sulfonamides is 1. The van der Waals surface area contributed by atoms with Crippen molar-refractivity contribution in [3.8, 4) is 22.8 Å². The van der Waals surface area contributed by atoms with Crippen LogP contribution in [0.3, 0.4) is 0 Å². The van der Waals surface area contributed by atoms with Crippen LogP contribution in [0.5, 0.6) is 0 Å². The van der Waals surface area contributed by atoms with Crippen LogP contribution >= 0.6 is 0 Å². The fourth-order valence-corrected chi connectivity index (χ4v) is 3.62. The van der Waals surface area contributed by atoms with Crippen molar-refractivity contribution in [3.63, 3.8) is 0 Å². The standard InChI is InChI=1S/C20H15N3O3S/c24-27(25,18-9-5-2-6-10-18)23-17-13-11-15(12-14-17)19-21-20(26-22-19)16-7-3-1-4-8-16/h1-14,23H. The molecule has 0 saturated heterocycles. The first-order chi connectivity index (χ1) is 13.1. The average Bonchev–Trinajstić information content (AvgIpc) is 3.20. The summed E-state index contributed by atoms with van der Waals surface area (Å²) in [5.74, 6) is 0.866. The molecule has 0 atom stereocenters. The average molecular weight is 377 g/mol. The monoisotopic (exact) mass is 377 g/mol. The van der Waals surface area contributed by atoms with E-state index in [2.05, 4.69) is 14.9 Å². The van der Waals surface area contributed by atoms with Crippen molar-refractivity contribution in [1.82, 2.24) is 10.1 Å². The van der Waals surface area contributed by atoms with Crippen LogP contribution < -0.4 is 4.72 Å². The molecule has 7 heteroatoms. The van der Waals surface area contributed by atoms with Crippen molar-refractivity contribution in [2.75, 3.05) is 4.72 Å². The minimum Gasteiger partial charge on any atom is -0.334 e. The zero-order valence-electron chi connectivity index (χ0n) is 14.1. The summed E-state index contributed by atoms with van der Waals surface area (Å²) in [6.07, 6.45) is 0. The van der Waals surface area contributed by atoms with Gasteiger partial charge in [-0.15, -0.1) is 0 Å². The van der Waals surface area contributed by atoms with E-state index >= 15 is 0 Å². The molecule has 1 N–H and O–H groups in total. The zero-order chi connectivity index (χ0) is 18.7. The normalized spacial score (nSPS) is 11.3. The molecule has 134 valence electrons. The van der Waals surface area contributed by atoms with Crippen LogP contribution in [0, 0.1) is 0 Å².